The zero-order chi connectivity index (χ0) is 28.7. The van der Waals surface area contributed by atoms with Gasteiger partial charge in [-0.05, 0) is 47.5 Å². The van der Waals surface area contributed by atoms with Crippen LogP contribution in [0.5, 0.6) is 11.6 Å². The molecule has 0 saturated heterocycles. The SMILES string of the molecule is COC(=O)c1cc(NC(=O)Nc2ccc(OC)nc2)ccc1OC(c1ccccc1)c1ccc(C(F)(F)F)cc1. The van der Waals surface area contributed by atoms with E-state index in [0.717, 1.165) is 12.1 Å². The first kappa shape index (κ1) is 28.0. The van der Waals surface area contributed by atoms with Gasteiger partial charge in [0.15, 0.2) is 0 Å². The second-order valence-corrected chi connectivity index (χ2v) is 8.40. The van der Waals surface area contributed by atoms with E-state index in [2.05, 4.69) is 15.6 Å². The Hall–Kier alpha value is -5.06. The number of methoxy groups -OCH3 is 2. The number of amides is 2. The Bertz CT molecular complexity index is 1460. The summed E-state index contributed by atoms with van der Waals surface area (Å²) in [7, 11) is 2.67. The summed E-state index contributed by atoms with van der Waals surface area (Å²) in [6.07, 6.45) is -3.92. The largest absolute Gasteiger partial charge is 0.481 e. The third kappa shape index (κ3) is 6.87. The van der Waals surface area contributed by atoms with Crippen LogP contribution in [0.2, 0.25) is 0 Å². The summed E-state index contributed by atoms with van der Waals surface area (Å²) >= 11 is 0. The highest BCUT2D eigenvalue weighted by Crippen LogP contribution is 2.35. The Morgan fingerprint density at radius 1 is 0.825 bits per heavy atom. The van der Waals surface area contributed by atoms with Gasteiger partial charge in [-0.1, -0.05) is 42.5 Å². The van der Waals surface area contributed by atoms with E-state index >= 15 is 0 Å². The summed E-state index contributed by atoms with van der Waals surface area (Å²) in [5.41, 5.74) is 0.959. The molecule has 4 aromatic rings. The number of hydrogen-bond acceptors (Lipinski definition) is 6. The van der Waals surface area contributed by atoms with Crippen molar-refractivity contribution in [3.8, 4) is 11.6 Å². The first-order valence-corrected chi connectivity index (χ1v) is 11.9. The van der Waals surface area contributed by atoms with Crippen molar-refractivity contribution >= 4 is 23.4 Å². The van der Waals surface area contributed by atoms with Crippen LogP contribution < -0.4 is 20.1 Å². The van der Waals surface area contributed by atoms with E-state index in [4.69, 9.17) is 14.2 Å². The van der Waals surface area contributed by atoms with Crippen LogP contribution >= 0.6 is 0 Å². The molecule has 2 N–H and O–H groups in total. The summed E-state index contributed by atoms with van der Waals surface area (Å²) in [4.78, 5) is 29.2. The number of carbonyl (C=O) groups is 2. The van der Waals surface area contributed by atoms with Crippen LogP contribution in [0.15, 0.2) is 91.1 Å². The summed E-state index contributed by atoms with van der Waals surface area (Å²) < 4.78 is 55.5. The van der Waals surface area contributed by atoms with E-state index in [1.807, 2.05) is 0 Å². The lowest BCUT2D eigenvalue weighted by atomic mass is 9.99. The maximum Gasteiger partial charge on any atom is 0.416 e. The minimum absolute atomic E-state index is 0.000688. The standard InChI is InChI=1S/C29H24F3N3O5/c1-38-25-15-13-22(17-33-25)35-28(37)34-21-12-14-24(23(16-21)27(36)39-2)40-26(18-6-4-3-5-7-18)19-8-10-20(11-9-19)29(30,31)32/h3-17,26H,1-2H3,(H2,34,35,37). The molecule has 0 spiro atoms. The van der Waals surface area contributed by atoms with Gasteiger partial charge in [0.1, 0.15) is 17.4 Å². The lowest BCUT2D eigenvalue weighted by Crippen LogP contribution is -2.20. The number of anilines is 2. The molecule has 1 atom stereocenters. The molecule has 0 radical (unpaired) electrons. The fraction of sp³-hybridized carbons (Fsp3) is 0.138. The molecule has 1 aromatic heterocycles. The number of rotatable bonds is 8. The number of esters is 1. The van der Waals surface area contributed by atoms with Crippen LogP contribution in [-0.2, 0) is 10.9 Å². The van der Waals surface area contributed by atoms with Crippen LogP contribution in [0.1, 0.15) is 33.2 Å². The second kappa shape index (κ2) is 12.2. The molecule has 206 valence electrons. The Balaban J connectivity index is 1.61. The van der Waals surface area contributed by atoms with E-state index in [0.29, 0.717) is 22.7 Å². The average Bonchev–Trinajstić information content (AvgIpc) is 2.96. The molecule has 0 aliphatic rings. The maximum absolute atomic E-state index is 13.1. The highest BCUT2D eigenvalue weighted by atomic mass is 19.4. The van der Waals surface area contributed by atoms with Gasteiger partial charge in [0.25, 0.3) is 0 Å². The molecule has 4 rings (SSSR count). The number of aromatic nitrogens is 1. The molecule has 0 aliphatic carbocycles. The predicted octanol–water partition coefficient (Wildman–Crippen LogP) is 6.71. The van der Waals surface area contributed by atoms with E-state index < -0.39 is 29.8 Å². The fourth-order valence-electron chi connectivity index (χ4n) is 3.78. The van der Waals surface area contributed by atoms with Gasteiger partial charge in [0, 0.05) is 11.8 Å². The quantitative estimate of drug-likeness (QED) is 0.236. The monoisotopic (exact) mass is 551 g/mol. The summed E-state index contributed by atoms with van der Waals surface area (Å²) in [5.74, 6) is -0.252. The van der Waals surface area contributed by atoms with E-state index in [-0.39, 0.29) is 17.0 Å². The van der Waals surface area contributed by atoms with E-state index in [1.54, 1.807) is 42.5 Å². The van der Waals surface area contributed by atoms with E-state index in [9.17, 15) is 22.8 Å². The maximum atomic E-state index is 13.1. The topological polar surface area (TPSA) is 98.8 Å². The Morgan fingerprint density at radius 2 is 1.48 bits per heavy atom. The first-order chi connectivity index (χ1) is 19.2. The molecular formula is C29H24F3N3O5. The third-order valence-electron chi connectivity index (χ3n) is 5.73. The Kier molecular flexibility index (Phi) is 8.53. The van der Waals surface area contributed by atoms with Crippen molar-refractivity contribution in [3.63, 3.8) is 0 Å². The fourth-order valence-corrected chi connectivity index (χ4v) is 3.78. The number of carbonyl (C=O) groups excluding carboxylic acids is 2. The molecular weight excluding hydrogens is 527 g/mol. The summed E-state index contributed by atoms with van der Waals surface area (Å²) in [5, 5.41) is 5.24. The van der Waals surface area contributed by atoms with Crippen LogP contribution in [0.25, 0.3) is 0 Å². The Labute approximate surface area is 227 Å². The van der Waals surface area contributed by atoms with Gasteiger partial charge in [-0.3, -0.25) is 0 Å². The highest BCUT2D eigenvalue weighted by Gasteiger charge is 2.31. The number of pyridine rings is 1. The van der Waals surface area contributed by atoms with Crippen molar-refractivity contribution in [1.82, 2.24) is 4.98 Å². The molecule has 2 amide bonds. The number of nitrogens with zero attached hydrogens (tertiary/aromatic N) is 1. The number of nitrogens with one attached hydrogen (secondary N) is 2. The number of benzene rings is 3. The molecule has 1 heterocycles. The third-order valence-corrected chi connectivity index (χ3v) is 5.73. The van der Waals surface area contributed by atoms with Gasteiger partial charge in [0.05, 0.1) is 31.7 Å². The molecule has 0 aliphatic heterocycles. The summed E-state index contributed by atoms with van der Waals surface area (Å²) in [6.45, 7) is 0. The smallest absolute Gasteiger partial charge is 0.416 e. The first-order valence-electron chi connectivity index (χ1n) is 11.9. The zero-order valence-corrected chi connectivity index (χ0v) is 21.4. The van der Waals surface area contributed by atoms with Gasteiger partial charge in [-0.2, -0.15) is 13.2 Å². The number of alkyl halides is 3. The number of hydrogen-bond donors (Lipinski definition) is 2. The van der Waals surface area contributed by atoms with Crippen molar-refractivity contribution in [1.29, 1.82) is 0 Å². The van der Waals surface area contributed by atoms with Gasteiger partial charge in [-0.15, -0.1) is 0 Å². The van der Waals surface area contributed by atoms with Crippen molar-refractivity contribution in [2.75, 3.05) is 24.9 Å². The van der Waals surface area contributed by atoms with Crippen molar-refractivity contribution < 1.29 is 37.0 Å². The number of halogens is 3. The molecule has 8 nitrogen and oxygen atoms in total. The van der Waals surface area contributed by atoms with Gasteiger partial charge in [-0.25, -0.2) is 14.6 Å². The second-order valence-electron chi connectivity index (χ2n) is 8.40. The normalized spacial score (nSPS) is 11.7. The van der Waals surface area contributed by atoms with Crippen LogP contribution in [0.3, 0.4) is 0 Å². The molecule has 0 saturated carbocycles. The van der Waals surface area contributed by atoms with Gasteiger partial charge >= 0.3 is 18.2 Å². The zero-order valence-electron chi connectivity index (χ0n) is 21.4. The molecule has 0 fully saturated rings. The number of ether oxygens (including phenoxy) is 3. The number of urea groups is 1. The molecule has 0 bridgehead atoms. The lowest BCUT2D eigenvalue weighted by molar-refractivity contribution is -0.137. The van der Waals surface area contributed by atoms with Crippen molar-refractivity contribution in [3.05, 3.63) is 113 Å². The predicted molar refractivity (Wildman–Crippen MR) is 142 cm³/mol. The van der Waals surface area contributed by atoms with Crippen molar-refractivity contribution in [2.24, 2.45) is 0 Å². The van der Waals surface area contributed by atoms with Crippen molar-refractivity contribution in [2.45, 2.75) is 12.3 Å². The van der Waals surface area contributed by atoms with Gasteiger partial charge in [0.2, 0.25) is 5.88 Å². The highest BCUT2D eigenvalue weighted by molar-refractivity contribution is 6.01. The molecule has 1 unspecified atom stereocenters. The molecule has 11 heteroatoms. The van der Waals surface area contributed by atoms with Crippen LogP contribution in [-0.4, -0.2) is 31.2 Å². The molecule has 3 aromatic carbocycles. The Morgan fingerprint density at radius 3 is 2.08 bits per heavy atom. The lowest BCUT2D eigenvalue weighted by Gasteiger charge is -2.22. The van der Waals surface area contributed by atoms with Crippen LogP contribution in [0.4, 0.5) is 29.3 Å². The average molecular weight is 552 g/mol. The van der Waals surface area contributed by atoms with Gasteiger partial charge < -0.3 is 24.8 Å². The molecule has 40 heavy (non-hydrogen) atoms. The summed E-state index contributed by atoms with van der Waals surface area (Å²) in [6, 6.07) is 20.4. The minimum Gasteiger partial charge on any atom is -0.481 e. The minimum atomic E-state index is -4.49. The van der Waals surface area contributed by atoms with Crippen LogP contribution in [0, 0.1) is 0 Å². The van der Waals surface area contributed by atoms with E-state index in [1.165, 1.54) is 50.7 Å².